The highest BCUT2D eigenvalue weighted by Crippen LogP contribution is 2.27. The Balaban J connectivity index is 1.45. The topological polar surface area (TPSA) is 83.0 Å². The zero-order valence-electron chi connectivity index (χ0n) is 19.9. The number of hydrogen-bond donors (Lipinski definition) is 4. The van der Waals surface area contributed by atoms with Crippen LogP contribution in [-0.2, 0) is 5.41 Å². The smallest absolute Gasteiger partial charge is 0.324 e. The zero-order chi connectivity index (χ0) is 23.4. The molecule has 1 aromatic heterocycles. The molecule has 0 bridgehead atoms. The number of hydrogen-bond acceptors (Lipinski definition) is 4. The van der Waals surface area contributed by atoms with E-state index in [1.807, 2.05) is 61.5 Å². The lowest BCUT2D eigenvalue weighted by Gasteiger charge is -2.24. The fourth-order valence-corrected chi connectivity index (χ4v) is 3.85. The number of rotatable bonds is 5. The van der Waals surface area contributed by atoms with Gasteiger partial charge in [0.2, 0.25) is 0 Å². The molecule has 174 valence electrons. The number of amides is 2. The highest BCUT2D eigenvalue weighted by Gasteiger charge is 2.21. The van der Waals surface area contributed by atoms with Crippen LogP contribution in [0, 0.1) is 6.92 Å². The third-order valence-corrected chi connectivity index (χ3v) is 5.85. The van der Waals surface area contributed by atoms with Crippen molar-refractivity contribution in [1.82, 2.24) is 15.1 Å². The summed E-state index contributed by atoms with van der Waals surface area (Å²) >= 11 is 0. The van der Waals surface area contributed by atoms with Crippen molar-refractivity contribution >= 4 is 23.2 Å². The van der Waals surface area contributed by atoms with Crippen molar-refractivity contribution in [2.24, 2.45) is 0 Å². The lowest BCUT2D eigenvalue weighted by Crippen LogP contribution is -2.35. The van der Waals surface area contributed by atoms with Gasteiger partial charge in [-0.3, -0.25) is 5.32 Å². The minimum atomic E-state index is -0.303. The predicted octanol–water partition coefficient (Wildman–Crippen LogP) is 5.29. The van der Waals surface area contributed by atoms with Crippen molar-refractivity contribution in [1.29, 1.82) is 0 Å². The van der Waals surface area contributed by atoms with Crippen LogP contribution >= 0.6 is 0 Å². The normalized spacial score (nSPS) is 14.7. The molecule has 0 radical (unpaired) electrons. The van der Waals surface area contributed by atoms with E-state index in [-0.39, 0.29) is 11.4 Å². The number of nitrogens with one attached hydrogen (secondary N) is 4. The molecular weight excluding hydrogens is 412 g/mol. The molecule has 1 aliphatic heterocycles. The summed E-state index contributed by atoms with van der Waals surface area (Å²) in [6.07, 6.45) is 2.24. The van der Waals surface area contributed by atoms with Crippen LogP contribution in [0.3, 0.4) is 0 Å². The molecule has 7 heteroatoms. The fraction of sp³-hybridized carbons (Fsp3) is 0.385. The summed E-state index contributed by atoms with van der Waals surface area (Å²) in [5.41, 5.74) is 4.65. The summed E-state index contributed by atoms with van der Waals surface area (Å²) in [5.74, 6) is 0.630. The van der Waals surface area contributed by atoms with Gasteiger partial charge in [0.05, 0.1) is 11.4 Å². The van der Waals surface area contributed by atoms with Gasteiger partial charge in [-0.2, -0.15) is 5.10 Å². The monoisotopic (exact) mass is 446 g/mol. The van der Waals surface area contributed by atoms with Crippen molar-refractivity contribution < 1.29 is 4.79 Å². The van der Waals surface area contributed by atoms with Gasteiger partial charge in [0.15, 0.2) is 0 Å². The average Bonchev–Trinajstić information content (AvgIpc) is 3.20. The maximum atomic E-state index is 12.8. The highest BCUT2D eigenvalue weighted by atomic mass is 16.2. The van der Waals surface area contributed by atoms with E-state index >= 15 is 0 Å². The van der Waals surface area contributed by atoms with Gasteiger partial charge in [-0.1, -0.05) is 38.5 Å². The molecule has 1 aliphatic rings. The van der Waals surface area contributed by atoms with Gasteiger partial charge in [-0.15, -0.1) is 0 Å². The van der Waals surface area contributed by atoms with Gasteiger partial charge in [0.25, 0.3) is 0 Å². The summed E-state index contributed by atoms with van der Waals surface area (Å²) in [4.78, 5) is 12.8. The molecule has 4 rings (SSSR count). The molecule has 0 unspecified atom stereocenters. The first-order valence-electron chi connectivity index (χ1n) is 11.6. The molecule has 0 atom stereocenters. The molecule has 0 spiro atoms. The van der Waals surface area contributed by atoms with Gasteiger partial charge in [0.1, 0.15) is 5.82 Å². The molecule has 33 heavy (non-hydrogen) atoms. The molecule has 2 aromatic carbocycles. The van der Waals surface area contributed by atoms with Crippen LogP contribution in [-0.4, -0.2) is 34.9 Å². The Bertz CT molecular complexity index is 1070. The van der Waals surface area contributed by atoms with E-state index in [4.69, 9.17) is 5.10 Å². The minimum absolute atomic E-state index is 0.139. The summed E-state index contributed by atoms with van der Waals surface area (Å²) in [7, 11) is 0. The van der Waals surface area contributed by atoms with E-state index in [1.165, 1.54) is 5.56 Å². The Morgan fingerprint density at radius 2 is 1.61 bits per heavy atom. The Morgan fingerprint density at radius 1 is 0.970 bits per heavy atom. The van der Waals surface area contributed by atoms with E-state index in [0.717, 1.165) is 48.7 Å². The van der Waals surface area contributed by atoms with Gasteiger partial charge >= 0.3 is 6.03 Å². The number of nitrogens with zero attached hydrogens (tertiary/aromatic N) is 2. The van der Waals surface area contributed by atoms with Crippen LogP contribution in [0.1, 0.15) is 44.9 Å². The minimum Gasteiger partial charge on any atom is -0.382 e. The lowest BCUT2D eigenvalue weighted by molar-refractivity contribution is 0.262. The fourth-order valence-electron chi connectivity index (χ4n) is 3.85. The number of carbonyl (C=O) groups is 1. The van der Waals surface area contributed by atoms with Crippen LogP contribution in [0.25, 0.3) is 5.69 Å². The Kier molecular flexibility index (Phi) is 6.70. The third-order valence-electron chi connectivity index (χ3n) is 5.85. The molecule has 0 saturated carbocycles. The van der Waals surface area contributed by atoms with Crippen LogP contribution < -0.4 is 21.3 Å². The second-order valence-corrected chi connectivity index (χ2v) is 9.74. The lowest BCUT2D eigenvalue weighted by atomic mass is 9.92. The van der Waals surface area contributed by atoms with Crippen molar-refractivity contribution in [3.8, 4) is 5.69 Å². The number of benzene rings is 2. The summed E-state index contributed by atoms with van der Waals surface area (Å²) in [6.45, 7) is 10.5. The van der Waals surface area contributed by atoms with Crippen LogP contribution in [0.4, 0.5) is 22.0 Å². The average molecular weight is 447 g/mol. The molecule has 1 fully saturated rings. The van der Waals surface area contributed by atoms with Crippen molar-refractivity contribution in [2.45, 2.75) is 52.0 Å². The van der Waals surface area contributed by atoms with E-state index in [2.05, 4.69) is 42.0 Å². The molecule has 2 heterocycles. The first-order chi connectivity index (χ1) is 15.8. The van der Waals surface area contributed by atoms with Crippen LogP contribution in [0.2, 0.25) is 0 Å². The quantitative estimate of drug-likeness (QED) is 0.429. The van der Waals surface area contributed by atoms with Gasteiger partial charge < -0.3 is 16.0 Å². The van der Waals surface area contributed by atoms with E-state index in [9.17, 15) is 4.79 Å². The maximum absolute atomic E-state index is 12.8. The standard InChI is InChI=1S/C26H34N6O/c1-18-5-11-22(12-6-18)32-24(17-23(31-32)26(2,3)4)30-25(33)29-20-9-7-19(8-10-20)28-21-13-15-27-16-14-21/h5-12,17,21,27-28H,13-16H2,1-4H3,(H2,29,30,33). The predicted molar refractivity (Wildman–Crippen MR) is 136 cm³/mol. The van der Waals surface area contributed by atoms with Gasteiger partial charge in [0, 0.05) is 28.9 Å². The largest absolute Gasteiger partial charge is 0.382 e. The number of carbonyl (C=O) groups excluding carboxylic acids is 1. The highest BCUT2D eigenvalue weighted by molar-refractivity contribution is 5.99. The summed E-state index contributed by atoms with van der Waals surface area (Å²) < 4.78 is 1.78. The van der Waals surface area contributed by atoms with Crippen molar-refractivity contribution in [2.75, 3.05) is 29.0 Å². The molecule has 0 aliphatic carbocycles. The first kappa shape index (κ1) is 22.9. The van der Waals surface area contributed by atoms with Crippen LogP contribution in [0.5, 0.6) is 0 Å². The Labute approximate surface area is 196 Å². The molecule has 1 saturated heterocycles. The van der Waals surface area contributed by atoms with E-state index in [0.29, 0.717) is 11.9 Å². The molecular formula is C26H34N6O. The number of aryl methyl sites for hydroxylation is 1. The number of aromatic nitrogens is 2. The second-order valence-electron chi connectivity index (χ2n) is 9.74. The number of anilines is 3. The Hall–Kier alpha value is -3.32. The Morgan fingerprint density at radius 3 is 2.24 bits per heavy atom. The third kappa shape index (κ3) is 5.93. The SMILES string of the molecule is Cc1ccc(-n2nc(C(C)(C)C)cc2NC(=O)Nc2ccc(NC3CCNCC3)cc2)cc1. The summed E-state index contributed by atoms with van der Waals surface area (Å²) in [5, 5.41) is 17.6. The first-order valence-corrected chi connectivity index (χ1v) is 11.6. The van der Waals surface area contributed by atoms with Crippen LogP contribution in [0.15, 0.2) is 54.6 Å². The van der Waals surface area contributed by atoms with Gasteiger partial charge in [-0.25, -0.2) is 9.48 Å². The van der Waals surface area contributed by atoms with E-state index in [1.54, 1.807) is 4.68 Å². The van der Waals surface area contributed by atoms with Crippen molar-refractivity contribution in [3.63, 3.8) is 0 Å². The molecule has 7 nitrogen and oxygen atoms in total. The van der Waals surface area contributed by atoms with E-state index < -0.39 is 0 Å². The van der Waals surface area contributed by atoms with Crippen molar-refractivity contribution in [3.05, 3.63) is 65.9 Å². The molecule has 3 aromatic rings. The van der Waals surface area contributed by atoms with Gasteiger partial charge in [-0.05, 0) is 69.3 Å². The number of urea groups is 1. The molecule has 4 N–H and O–H groups in total. The number of piperidine rings is 1. The molecule has 2 amide bonds. The summed E-state index contributed by atoms with van der Waals surface area (Å²) in [6, 6.07) is 18.1. The maximum Gasteiger partial charge on any atom is 0.324 e. The second kappa shape index (κ2) is 9.67. The zero-order valence-corrected chi connectivity index (χ0v) is 19.9.